The predicted octanol–water partition coefficient (Wildman–Crippen LogP) is 1.65. The molecule has 0 aromatic carbocycles. The van der Waals surface area contributed by atoms with E-state index in [1.807, 2.05) is 25.1 Å². The summed E-state index contributed by atoms with van der Waals surface area (Å²) in [6, 6.07) is 7.51. The molecule has 2 aromatic rings. The third-order valence-corrected chi connectivity index (χ3v) is 4.64. The summed E-state index contributed by atoms with van der Waals surface area (Å²) in [4.78, 5) is 30.1. The Morgan fingerprint density at radius 3 is 2.77 bits per heavy atom. The molecule has 1 saturated heterocycles. The lowest BCUT2D eigenvalue weighted by atomic mass is 9.93. The highest BCUT2D eigenvalue weighted by Gasteiger charge is 2.38. The van der Waals surface area contributed by atoms with Crippen molar-refractivity contribution in [2.24, 2.45) is 11.7 Å². The van der Waals surface area contributed by atoms with Gasteiger partial charge in [0.1, 0.15) is 18.1 Å². The zero-order valence-corrected chi connectivity index (χ0v) is 15.0. The number of hydrogen-bond acceptors (Lipinski definition) is 5. The zero-order valence-electron chi connectivity index (χ0n) is 15.0. The van der Waals surface area contributed by atoms with Gasteiger partial charge in [-0.25, -0.2) is 0 Å². The molecule has 0 aliphatic carbocycles. The van der Waals surface area contributed by atoms with Gasteiger partial charge in [-0.1, -0.05) is 6.07 Å². The molecule has 0 unspecified atom stereocenters. The van der Waals surface area contributed by atoms with E-state index in [2.05, 4.69) is 4.98 Å². The fraction of sp³-hybridized carbons (Fsp3) is 0.421. The summed E-state index contributed by atoms with van der Waals surface area (Å²) in [5.41, 5.74) is 6.64. The van der Waals surface area contributed by atoms with Crippen LogP contribution in [0.25, 0.3) is 0 Å². The average molecular weight is 357 g/mol. The highest BCUT2D eigenvalue weighted by Crippen LogP contribution is 2.33. The van der Waals surface area contributed by atoms with Crippen LogP contribution in [0.3, 0.4) is 0 Å². The Bertz CT molecular complexity index is 787. The zero-order chi connectivity index (χ0) is 18.7. The van der Waals surface area contributed by atoms with E-state index in [-0.39, 0.29) is 24.3 Å². The fourth-order valence-corrected chi connectivity index (χ4v) is 3.46. The molecular weight excluding hydrogens is 334 g/mol. The number of pyridine rings is 1. The summed E-state index contributed by atoms with van der Waals surface area (Å²) in [7, 11) is 0. The van der Waals surface area contributed by atoms with Crippen LogP contribution >= 0.6 is 0 Å². The Kier molecular flexibility index (Phi) is 5.37. The van der Waals surface area contributed by atoms with Crippen LogP contribution < -0.4 is 5.73 Å². The van der Waals surface area contributed by atoms with Gasteiger partial charge in [0.05, 0.1) is 12.2 Å². The van der Waals surface area contributed by atoms with Gasteiger partial charge in [0, 0.05) is 36.8 Å². The average Bonchev–Trinajstić information content (AvgIpc) is 3.18. The summed E-state index contributed by atoms with van der Waals surface area (Å²) < 4.78 is 10.9. The first-order valence-corrected chi connectivity index (χ1v) is 8.59. The van der Waals surface area contributed by atoms with Crippen LogP contribution in [0.1, 0.15) is 33.5 Å². The first-order valence-electron chi connectivity index (χ1n) is 8.59. The van der Waals surface area contributed by atoms with Crippen LogP contribution in [0.15, 0.2) is 34.9 Å². The molecule has 0 radical (unpaired) electrons. The van der Waals surface area contributed by atoms with Gasteiger partial charge in [-0.2, -0.15) is 0 Å². The summed E-state index contributed by atoms with van der Waals surface area (Å²) in [6.45, 7) is 4.91. The molecule has 2 atom stereocenters. The molecule has 2 N–H and O–H groups in total. The molecule has 1 aliphatic heterocycles. The van der Waals surface area contributed by atoms with Crippen LogP contribution in [0.5, 0.6) is 0 Å². The molecule has 7 heteroatoms. The second-order valence-electron chi connectivity index (χ2n) is 6.64. The number of carbonyl (C=O) groups excluding carboxylic acids is 2. The SMILES string of the molecule is Cc1cc(C(=O)N2C[C@@H](COCC(N)=O)[C@H](c3ccccn3)C2)c(C)o1. The maximum absolute atomic E-state index is 12.9. The van der Waals surface area contributed by atoms with Gasteiger partial charge in [-0.15, -0.1) is 0 Å². The Morgan fingerprint density at radius 2 is 2.15 bits per heavy atom. The second kappa shape index (κ2) is 7.70. The van der Waals surface area contributed by atoms with E-state index < -0.39 is 5.91 Å². The van der Waals surface area contributed by atoms with Crippen LogP contribution in [0.2, 0.25) is 0 Å². The van der Waals surface area contributed by atoms with Gasteiger partial charge >= 0.3 is 0 Å². The van der Waals surface area contributed by atoms with Gasteiger partial charge < -0.3 is 19.8 Å². The topological polar surface area (TPSA) is 98.7 Å². The van der Waals surface area contributed by atoms with Crippen LogP contribution in [0, 0.1) is 19.8 Å². The highest BCUT2D eigenvalue weighted by molar-refractivity contribution is 5.95. The minimum Gasteiger partial charge on any atom is -0.466 e. The van der Waals surface area contributed by atoms with Crippen molar-refractivity contribution in [1.29, 1.82) is 0 Å². The third kappa shape index (κ3) is 3.94. The number of rotatable bonds is 6. The Hall–Kier alpha value is -2.67. The lowest BCUT2D eigenvalue weighted by Crippen LogP contribution is -2.29. The summed E-state index contributed by atoms with van der Waals surface area (Å²) >= 11 is 0. The van der Waals surface area contributed by atoms with Crippen molar-refractivity contribution in [2.45, 2.75) is 19.8 Å². The molecule has 26 heavy (non-hydrogen) atoms. The number of nitrogens with two attached hydrogens (primary N) is 1. The van der Waals surface area contributed by atoms with Gasteiger partial charge in [0.25, 0.3) is 5.91 Å². The van der Waals surface area contributed by atoms with E-state index in [0.717, 1.165) is 5.69 Å². The van der Waals surface area contributed by atoms with Crippen LogP contribution in [-0.4, -0.2) is 48.0 Å². The molecule has 0 bridgehead atoms. The number of hydrogen-bond donors (Lipinski definition) is 1. The summed E-state index contributed by atoms with van der Waals surface area (Å²) in [5, 5.41) is 0. The molecule has 3 heterocycles. The van der Waals surface area contributed by atoms with E-state index in [1.165, 1.54) is 0 Å². The molecule has 0 saturated carbocycles. The van der Waals surface area contributed by atoms with E-state index in [4.69, 9.17) is 14.9 Å². The molecular formula is C19H23N3O4. The molecule has 2 amide bonds. The number of amides is 2. The van der Waals surface area contributed by atoms with E-state index >= 15 is 0 Å². The number of carbonyl (C=O) groups is 2. The molecule has 3 rings (SSSR count). The highest BCUT2D eigenvalue weighted by atomic mass is 16.5. The number of furan rings is 1. The number of aryl methyl sites for hydroxylation is 2. The predicted molar refractivity (Wildman–Crippen MR) is 94.6 cm³/mol. The van der Waals surface area contributed by atoms with Crippen LogP contribution in [-0.2, 0) is 9.53 Å². The molecule has 1 aliphatic rings. The molecule has 1 fully saturated rings. The van der Waals surface area contributed by atoms with E-state index in [1.54, 1.807) is 24.1 Å². The van der Waals surface area contributed by atoms with Crippen molar-refractivity contribution < 1.29 is 18.7 Å². The second-order valence-corrected chi connectivity index (χ2v) is 6.64. The largest absolute Gasteiger partial charge is 0.466 e. The van der Waals surface area contributed by atoms with Gasteiger partial charge in [0.15, 0.2) is 0 Å². The summed E-state index contributed by atoms with van der Waals surface area (Å²) in [5.74, 6) is 0.860. The fourth-order valence-electron chi connectivity index (χ4n) is 3.46. The molecule has 138 valence electrons. The number of likely N-dealkylation sites (tertiary alicyclic amines) is 1. The van der Waals surface area contributed by atoms with Crippen molar-refractivity contribution in [3.05, 3.63) is 53.2 Å². The smallest absolute Gasteiger partial charge is 0.257 e. The quantitative estimate of drug-likeness (QED) is 0.847. The van der Waals surface area contributed by atoms with Gasteiger partial charge in [0.2, 0.25) is 5.91 Å². The van der Waals surface area contributed by atoms with Crippen molar-refractivity contribution in [1.82, 2.24) is 9.88 Å². The monoisotopic (exact) mass is 357 g/mol. The minimum atomic E-state index is -0.505. The lowest BCUT2D eigenvalue weighted by Gasteiger charge is -2.17. The van der Waals surface area contributed by atoms with Crippen LogP contribution in [0.4, 0.5) is 0 Å². The maximum Gasteiger partial charge on any atom is 0.257 e. The first kappa shape index (κ1) is 18.1. The van der Waals surface area contributed by atoms with Crippen molar-refractivity contribution in [2.75, 3.05) is 26.3 Å². The van der Waals surface area contributed by atoms with Crippen molar-refractivity contribution >= 4 is 11.8 Å². The Labute approximate surface area is 152 Å². The first-order chi connectivity index (χ1) is 12.5. The lowest BCUT2D eigenvalue weighted by molar-refractivity contribution is -0.122. The maximum atomic E-state index is 12.9. The Morgan fingerprint density at radius 1 is 1.35 bits per heavy atom. The Balaban J connectivity index is 1.77. The number of nitrogens with zero attached hydrogens (tertiary/aromatic N) is 2. The summed E-state index contributed by atoms with van der Waals surface area (Å²) in [6.07, 6.45) is 1.74. The molecule has 2 aromatic heterocycles. The third-order valence-electron chi connectivity index (χ3n) is 4.64. The normalized spacial score (nSPS) is 19.7. The minimum absolute atomic E-state index is 0.0429. The standard InChI is InChI=1S/C19H23N3O4/c1-12-7-15(13(2)26-12)19(24)22-8-14(10-25-11-18(20)23)16(9-22)17-5-3-4-6-21-17/h3-7,14,16H,8-11H2,1-2H3,(H2,20,23)/t14-,16+/m0/s1. The van der Waals surface area contributed by atoms with Crippen molar-refractivity contribution in [3.63, 3.8) is 0 Å². The van der Waals surface area contributed by atoms with Crippen molar-refractivity contribution in [3.8, 4) is 0 Å². The number of ether oxygens (including phenoxy) is 1. The number of aromatic nitrogens is 1. The van der Waals surface area contributed by atoms with Gasteiger partial charge in [-0.3, -0.25) is 14.6 Å². The van der Waals surface area contributed by atoms with E-state index in [9.17, 15) is 9.59 Å². The van der Waals surface area contributed by atoms with E-state index in [0.29, 0.717) is 36.8 Å². The number of primary amides is 1. The molecule has 0 spiro atoms. The van der Waals surface area contributed by atoms with Gasteiger partial charge in [-0.05, 0) is 32.0 Å². The molecule has 7 nitrogen and oxygen atoms in total.